The van der Waals surface area contributed by atoms with Gasteiger partial charge in [0.15, 0.2) is 0 Å². The van der Waals surface area contributed by atoms with Crippen LogP contribution in [0.1, 0.15) is 94.8 Å². The first-order valence-corrected chi connectivity index (χ1v) is 10.9. The molecule has 0 saturated heterocycles. The van der Waals surface area contributed by atoms with Gasteiger partial charge in [-0.3, -0.25) is 4.79 Å². The van der Waals surface area contributed by atoms with Crippen LogP contribution in [0.25, 0.3) is 0 Å². The molecule has 3 rings (SSSR count). The van der Waals surface area contributed by atoms with E-state index < -0.39 is 0 Å². The molecule has 0 radical (unpaired) electrons. The van der Waals surface area contributed by atoms with Crippen LogP contribution < -0.4 is 0 Å². The van der Waals surface area contributed by atoms with Gasteiger partial charge in [-0.25, -0.2) is 0 Å². The molecule has 0 aromatic heterocycles. The number of hydrogen-bond acceptors (Lipinski definition) is 2. The van der Waals surface area contributed by atoms with Crippen molar-refractivity contribution in [2.75, 3.05) is 0 Å². The van der Waals surface area contributed by atoms with Crippen molar-refractivity contribution in [2.24, 2.45) is 17.8 Å². The number of carbonyl (C=O) groups excluding carboxylic acids is 1. The zero-order valence-corrected chi connectivity index (χ0v) is 16.7. The van der Waals surface area contributed by atoms with Crippen LogP contribution in [0.4, 0.5) is 0 Å². The van der Waals surface area contributed by atoms with Crippen LogP contribution in [0.15, 0.2) is 24.3 Å². The number of benzene rings is 1. The number of aryl methyl sites for hydroxylation is 1. The van der Waals surface area contributed by atoms with Gasteiger partial charge in [0.05, 0.1) is 5.92 Å². The highest BCUT2D eigenvalue weighted by molar-refractivity contribution is 5.72. The molecule has 0 N–H and O–H groups in total. The van der Waals surface area contributed by atoms with E-state index in [1.807, 2.05) is 0 Å². The molecular weight excluding hydrogens is 320 g/mol. The summed E-state index contributed by atoms with van der Waals surface area (Å²) in [4.78, 5) is 12.7. The molecule has 0 bridgehead atoms. The van der Waals surface area contributed by atoms with Crippen LogP contribution in [-0.4, -0.2) is 5.97 Å². The first-order chi connectivity index (χ1) is 12.7. The molecule has 2 aliphatic carbocycles. The number of ether oxygens (including phenoxy) is 1. The van der Waals surface area contributed by atoms with Crippen LogP contribution >= 0.6 is 0 Å². The summed E-state index contributed by atoms with van der Waals surface area (Å²) in [5.74, 6) is 1.97. The smallest absolute Gasteiger partial charge is 0.309 e. The van der Waals surface area contributed by atoms with Crippen LogP contribution in [-0.2, 0) is 9.53 Å². The van der Waals surface area contributed by atoms with Gasteiger partial charge in [0.1, 0.15) is 6.10 Å². The van der Waals surface area contributed by atoms with Crippen molar-refractivity contribution in [1.82, 2.24) is 0 Å². The zero-order chi connectivity index (χ0) is 18.4. The lowest BCUT2D eigenvalue weighted by Crippen LogP contribution is -2.26. The molecule has 1 aromatic rings. The van der Waals surface area contributed by atoms with Crippen molar-refractivity contribution in [3.05, 3.63) is 35.4 Å². The fourth-order valence-electron chi connectivity index (χ4n) is 4.93. The summed E-state index contributed by atoms with van der Waals surface area (Å²) in [7, 11) is 0. The predicted octanol–water partition coefficient (Wildman–Crippen LogP) is 6.77. The summed E-state index contributed by atoms with van der Waals surface area (Å²) < 4.78 is 5.91. The van der Waals surface area contributed by atoms with Gasteiger partial charge in [-0.15, -0.1) is 0 Å². The first-order valence-electron chi connectivity index (χ1n) is 10.9. The third kappa shape index (κ3) is 5.34. The predicted molar refractivity (Wildman–Crippen MR) is 107 cm³/mol. The van der Waals surface area contributed by atoms with E-state index in [-0.39, 0.29) is 18.0 Å². The summed E-state index contributed by atoms with van der Waals surface area (Å²) in [6.07, 6.45) is 13.8. The van der Waals surface area contributed by atoms with Crippen LogP contribution in [0.5, 0.6) is 0 Å². The van der Waals surface area contributed by atoms with Crippen molar-refractivity contribution >= 4 is 5.97 Å². The highest BCUT2D eigenvalue weighted by atomic mass is 16.5. The summed E-state index contributed by atoms with van der Waals surface area (Å²) in [6.45, 7) is 4.18. The maximum atomic E-state index is 12.7. The van der Waals surface area contributed by atoms with Crippen molar-refractivity contribution in [1.29, 1.82) is 0 Å². The molecule has 0 heterocycles. The zero-order valence-electron chi connectivity index (χ0n) is 16.7. The molecular formula is C24H36O2. The minimum absolute atomic E-state index is 0.0357. The number of hydrogen-bond donors (Lipinski definition) is 0. The lowest BCUT2D eigenvalue weighted by molar-refractivity contribution is -0.156. The number of rotatable bonds is 6. The maximum absolute atomic E-state index is 12.7. The van der Waals surface area contributed by atoms with E-state index in [9.17, 15) is 4.79 Å². The third-order valence-electron chi connectivity index (χ3n) is 6.65. The van der Waals surface area contributed by atoms with Crippen LogP contribution in [0.2, 0.25) is 0 Å². The SMILES string of the molecule is CCC(OC(=O)C1CCC(CC2CCCCC2)CC1)c1ccc(C)cc1. The molecule has 0 aliphatic heterocycles. The average Bonchev–Trinajstić information content (AvgIpc) is 2.68. The van der Waals surface area contributed by atoms with Crippen molar-refractivity contribution in [3.63, 3.8) is 0 Å². The Bertz CT molecular complexity index is 548. The van der Waals surface area contributed by atoms with Crippen molar-refractivity contribution < 1.29 is 9.53 Å². The molecule has 2 aliphatic rings. The molecule has 2 heteroatoms. The second-order valence-corrected chi connectivity index (χ2v) is 8.70. The van der Waals surface area contributed by atoms with Crippen LogP contribution in [0.3, 0.4) is 0 Å². The lowest BCUT2D eigenvalue weighted by Gasteiger charge is -2.32. The quantitative estimate of drug-likeness (QED) is 0.526. The highest BCUT2D eigenvalue weighted by Gasteiger charge is 2.30. The normalized spacial score (nSPS) is 25.6. The monoisotopic (exact) mass is 356 g/mol. The van der Waals surface area contributed by atoms with E-state index in [1.54, 1.807) is 0 Å². The van der Waals surface area contributed by atoms with Gasteiger partial charge in [0.25, 0.3) is 0 Å². The summed E-state index contributed by atoms with van der Waals surface area (Å²) in [6, 6.07) is 8.39. The van der Waals surface area contributed by atoms with Crippen LogP contribution in [0, 0.1) is 24.7 Å². The van der Waals surface area contributed by atoms with E-state index in [2.05, 4.69) is 38.1 Å². The van der Waals surface area contributed by atoms with Gasteiger partial charge >= 0.3 is 5.97 Å². The number of esters is 1. The largest absolute Gasteiger partial charge is 0.457 e. The standard InChI is InChI=1S/C24H36O2/c1-3-23(21-13-9-18(2)10-14-21)26-24(25)22-15-11-20(12-16-22)17-19-7-5-4-6-8-19/h9-10,13-14,19-20,22-23H,3-8,11-12,15-17H2,1-2H3. The first kappa shape index (κ1) is 19.5. The van der Waals surface area contributed by atoms with E-state index in [0.29, 0.717) is 0 Å². The van der Waals surface area contributed by atoms with Gasteiger partial charge in [0, 0.05) is 0 Å². The fraction of sp³-hybridized carbons (Fsp3) is 0.708. The molecule has 26 heavy (non-hydrogen) atoms. The van der Waals surface area contributed by atoms with Crippen molar-refractivity contribution in [3.8, 4) is 0 Å². The number of carbonyl (C=O) groups is 1. The molecule has 1 unspecified atom stereocenters. The Morgan fingerprint density at radius 3 is 2.19 bits per heavy atom. The maximum Gasteiger partial charge on any atom is 0.309 e. The summed E-state index contributed by atoms with van der Waals surface area (Å²) in [5.41, 5.74) is 2.36. The molecule has 0 amide bonds. The van der Waals surface area contributed by atoms with Gasteiger partial charge in [-0.1, -0.05) is 68.9 Å². The molecule has 1 atom stereocenters. The molecule has 2 nitrogen and oxygen atoms in total. The summed E-state index contributed by atoms with van der Waals surface area (Å²) >= 11 is 0. The Labute approximate surface area is 159 Å². The molecule has 0 spiro atoms. The molecule has 1 aromatic carbocycles. The van der Waals surface area contributed by atoms with Gasteiger partial charge in [0.2, 0.25) is 0 Å². The minimum Gasteiger partial charge on any atom is -0.457 e. The van der Waals surface area contributed by atoms with E-state index in [1.165, 1.54) is 56.9 Å². The second kappa shape index (κ2) is 9.58. The fourth-order valence-corrected chi connectivity index (χ4v) is 4.93. The van der Waals surface area contributed by atoms with E-state index >= 15 is 0 Å². The Kier molecular flexibility index (Phi) is 7.16. The lowest BCUT2D eigenvalue weighted by atomic mass is 9.75. The Morgan fingerprint density at radius 2 is 1.58 bits per heavy atom. The topological polar surface area (TPSA) is 26.3 Å². The van der Waals surface area contributed by atoms with E-state index in [0.717, 1.165) is 36.7 Å². The van der Waals surface area contributed by atoms with Crippen molar-refractivity contribution in [2.45, 2.75) is 90.6 Å². The third-order valence-corrected chi connectivity index (χ3v) is 6.65. The van der Waals surface area contributed by atoms with Gasteiger partial charge in [-0.2, -0.15) is 0 Å². The molecule has 144 valence electrons. The highest BCUT2D eigenvalue weighted by Crippen LogP contribution is 2.38. The Hall–Kier alpha value is -1.31. The second-order valence-electron chi connectivity index (χ2n) is 8.70. The van der Waals surface area contributed by atoms with Gasteiger partial charge < -0.3 is 4.74 Å². The summed E-state index contributed by atoms with van der Waals surface area (Å²) in [5, 5.41) is 0. The van der Waals surface area contributed by atoms with E-state index in [4.69, 9.17) is 4.74 Å². The Morgan fingerprint density at radius 1 is 0.962 bits per heavy atom. The Balaban J connectivity index is 1.45. The minimum atomic E-state index is -0.0944. The molecule has 2 saturated carbocycles. The van der Waals surface area contributed by atoms with Gasteiger partial charge in [-0.05, 0) is 62.8 Å². The average molecular weight is 357 g/mol. The molecule has 2 fully saturated rings.